The van der Waals surface area contributed by atoms with Crippen LogP contribution in [0, 0.1) is 16.2 Å². The van der Waals surface area contributed by atoms with Crippen molar-refractivity contribution in [2.24, 2.45) is 16.2 Å². The molecule has 7 aromatic rings. The van der Waals surface area contributed by atoms with Crippen LogP contribution < -0.4 is 37.6 Å². The molecule has 0 aliphatic carbocycles. The average molecular weight is 1350 g/mol. The molecule has 0 radical (unpaired) electrons. The van der Waals surface area contributed by atoms with Gasteiger partial charge in [-0.15, -0.1) is 61.2 Å². The SMILES string of the molecule is CC(C)(C)OC(=O)NC(Cc1nnc(-c2ccc(NC(=O)C(C)(C)C)cc2)nn1)C(=O)O.CC(C)(C)OC(=O)NCC(C(=O)O)c1nnc(-c2ccc(NC(=O)C(C)(C)C)cc2)nn1.CC(C)(C)OC(=O)Nc1cc(N)ccc1-c1nnc(-c2ccc(NC(=O)C(C)(C)C)cc2)nn1. The lowest BCUT2D eigenvalue weighted by atomic mass is 9.95. The summed E-state index contributed by atoms with van der Waals surface area (Å²) in [4.78, 5) is 95.2. The van der Waals surface area contributed by atoms with Crippen LogP contribution in [0.4, 0.5) is 42.8 Å². The van der Waals surface area contributed by atoms with E-state index in [0.717, 1.165) is 0 Å². The molecule has 0 aliphatic heterocycles. The Bertz CT molecular complexity index is 3910. The number of nitrogen functional groups attached to an aromatic ring is 1. The molecule has 2 unspecified atom stereocenters. The Hall–Kier alpha value is -11.3. The summed E-state index contributed by atoms with van der Waals surface area (Å²) < 4.78 is 15.5. The molecule has 3 aromatic heterocycles. The quantitative estimate of drug-likeness (QED) is 0.0321. The van der Waals surface area contributed by atoms with Crippen molar-refractivity contribution in [1.82, 2.24) is 71.8 Å². The first-order valence-corrected chi connectivity index (χ1v) is 30.6. The minimum atomic E-state index is -1.30. The van der Waals surface area contributed by atoms with Gasteiger partial charge in [0.1, 0.15) is 28.8 Å². The molecular formula is C66H85N19O13. The van der Waals surface area contributed by atoms with Crippen molar-refractivity contribution in [2.45, 2.75) is 160 Å². The lowest BCUT2D eigenvalue weighted by molar-refractivity contribution is -0.140. The van der Waals surface area contributed by atoms with Crippen molar-refractivity contribution in [3.8, 4) is 45.6 Å². The van der Waals surface area contributed by atoms with Gasteiger partial charge in [0.05, 0.1) is 5.69 Å². The number of hydrogen-bond donors (Lipinski definition) is 9. The van der Waals surface area contributed by atoms with Crippen LogP contribution in [0.15, 0.2) is 91.0 Å². The summed E-state index contributed by atoms with van der Waals surface area (Å²) in [5.74, 6) is -3.21. The fourth-order valence-electron chi connectivity index (χ4n) is 7.35. The zero-order valence-electron chi connectivity index (χ0n) is 58.1. The number of aromatic nitrogens is 12. The van der Waals surface area contributed by atoms with Crippen molar-refractivity contribution in [3.05, 3.63) is 103 Å². The molecule has 4 aromatic carbocycles. The van der Waals surface area contributed by atoms with Gasteiger partial charge in [0, 0.05) is 74.2 Å². The number of carboxylic acid groups (broad SMARTS) is 2. The molecular weight excluding hydrogens is 1270 g/mol. The number of carboxylic acids is 2. The summed E-state index contributed by atoms with van der Waals surface area (Å²) in [6, 6.07) is 24.3. The van der Waals surface area contributed by atoms with Gasteiger partial charge in [0.2, 0.25) is 41.0 Å². The Morgan fingerprint density at radius 1 is 0.418 bits per heavy atom. The summed E-state index contributed by atoms with van der Waals surface area (Å²) in [7, 11) is 0. The van der Waals surface area contributed by atoms with E-state index in [4.69, 9.17) is 19.9 Å². The van der Waals surface area contributed by atoms with Crippen LogP contribution in [-0.4, -0.2) is 149 Å². The Balaban J connectivity index is 0.000000266. The minimum absolute atomic E-state index is 0.0475. The number of ether oxygens (including phenoxy) is 3. The van der Waals surface area contributed by atoms with Crippen LogP contribution in [-0.2, 0) is 44.6 Å². The molecule has 32 heteroatoms. The van der Waals surface area contributed by atoms with E-state index < -0.39 is 75.2 Å². The van der Waals surface area contributed by atoms with E-state index in [1.54, 1.807) is 153 Å². The van der Waals surface area contributed by atoms with Crippen LogP contribution in [0.25, 0.3) is 45.6 Å². The van der Waals surface area contributed by atoms with E-state index in [0.29, 0.717) is 56.5 Å². The standard InChI is InChI=1S/C24H29N7O3.2C21H28N6O5/c1-23(2,3)21(32)26-16-10-7-14(8-11-16)19-28-30-20(31-29-19)17-12-9-15(25)13-18(17)27-22(33)34-24(4,5)6;1-20(2,3)18(30)23-13-9-7-12(8-10-13)15-24-26-16(27-25-15)14(17(28)29)11-22-19(31)32-21(4,5)6;1-20(2,3)18(30)22-13-9-7-12(8-10-13)16-26-24-15(25-27-16)11-14(17(28)29)23-19(31)32-21(4,5)6/h7-13H,25H2,1-6H3,(H,26,32)(H,27,33);7-10,14H,11H2,1-6H3,(H,22,31)(H,23,30)(H,28,29);7-10,14H,11H2,1-6H3,(H,22,30)(H,23,31)(H,28,29). The first-order valence-electron chi connectivity index (χ1n) is 30.6. The van der Waals surface area contributed by atoms with Crippen molar-refractivity contribution in [2.75, 3.05) is 33.5 Å². The second-order valence-corrected chi connectivity index (χ2v) is 28.1. The Labute approximate surface area is 566 Å². The fourth-order valence-corrected chi connectivity index (χ4v) is 7.35. The Kier molecular flexibility index (Phi) is 25.6. The topological polar surface area (TPSA) is 458 Å². The maximum absolute atomic E-state index is 12.2. The first-order chi connectivity index (χ1) is 45.3. The summed E-state index contributed by atoms with van der Waals surface area (Å²) in [6.45, 7) is 31.6. The molecule has 98 heavy (non-hydrogen) atoms. The number of anilines is 5. The van der Waals surface area contributed by atoms with Crippen molar-refractivity contribution in [3.63, 3.8) is 0 Å². The molecule has 522 valence electrons. The molecule has 0 bridgehead atoms. The molecule has 2 atom stereocenters. The molecule has 3 heterocycles. The van der Waals surface area contributed by atoms with Crippen LogP contribution in [0.1, 0.15) is 142 Å². The zero-order valence-corrected chi connectivity index (χ0v) is 58.1. The number of amides is 6. The molecule has 32 nitrogen and oxygen atoms in total. The molecule has 0 saturated heterocycles. The van der Waals surface area contributed by atoms with Gasteiger partial charge in [-0.3, -0.25) is 24.5 Å². The maximum Gasteiger partial charge on any atom is 0.412 e. The third kappa shape index (κ3) is 25.8. The largest absolute Gasteiger partial charge is 0.481 e. The third-order valence-corrected chi connectivity index (χ3v) is 12.5. The smallest absolute Gasteiger partial charge is 0.412 e. The van der Waals surface area contributed by atoms with E-state index >= 15 is 0 Å². The maximum atomic E-state index is 12.2. The van der Waals surface area contributed by atoms with Crippen LogP contribution >= 0.6 is 0 Å². The molecule has 0 aliphatic rings. The van der Waals surface area contributed by atoms with Crippen molar-refractivity contribution < 1.29 is 62.8 Å². The molecule has 7 rings (SSSR count). The molecule has 6 amide bonds. The molecule has 0 saturated carbocycles. The number of carbonyl (C=O) groups excluding carboxylic acids is 6. The second-order valence-electron chi connectivity index (χ2n) is 28.1. The minimum Gasteiger partial charge on any atom is -0.481 e. The number of hydrogen-bond acceptors (Lipinski definition) is 24. The summed E-state index contributed by atoms with van der Waals surface area (Å²) in [5.41, 5.74) is 7.34. The highest BCUT2D eigenvalue weighted by molar-refractivity contribution is 5.96. The fraction of sp³-hybridized carbons (Fsp3) is 0.424. The second kappa shape index (κ2) is 32.4. The molecule has 10 N–H and O–H groups in total. The number of nitrogens with zero attached hydrogens (tertiary/aromatic N) is 12. The first kappa shape index (κ1) is 77.4. The van der Waals surface area contributed by atoms with E-state index in [-0.39, 0.29) is 59.8 Å². The number of benzene rings is 4. The van der Waals surface area contributed by atoms with Gasteiger partial charge in [0.25, 0.3) is 0 Å². The highest BCUT2D eigenvalue weighted by Crippen LogP contribution is 2.30. The van der Waals surface area contributed by atoms with Crippen LogP contribution in [0.3, 0.4) is 0 Å². The predicted molar refractivity (Wildman–Crippen MR) is 362 cm³/mol. The number of rotatable bonds is 16. The number of carbonyl (C=O) groups is 8. The van der Waals surface area contributed by atoms with Gasteiger partial charge in [-0.05, 0) is 153 Å². The Morgan fingerprint density at radius 3 is 1.12 bits per heavy atom. The van der Waals surface area contributed by atoms with E-state index in [1.165, 1.54) is 0 Å². The monoisotopic (exact) mass is 1350 g/mol. The van der Waals surface area contributed by atoms with Gasteiger partial charge in [0.15, 0.2) is 11.6 Å². The number of aliphatic carboxylic acids is 2. The van der Waals surface area contributed by atoms with Gasteiger partial charge in [-0.25, -0.2) is 19.2 Å². The van der Waals surface area contributed by atoms with Crippen molar-refractivity contribution >= 4 is 76.4 Å². The normalized spacial score (nSPS) is 12.2. The summed E-state index contributed by atoms with van der Waals surface area (Å²) in [5, 5.41) is 82.8. The van der Waals surface area contributed by atoms with Gasteiger partial charge in [-0.1, -0.05) is 62.3 Å². The number of nitrogens with two attached hydrogens (primary N) is 1. The average Bonchev–Trinajstić information content (AvgIpc) is 0.823. The van der Waals surface area contributed by atoms with Gasteiger partial charge in [-0.2, -0.15) is 0 Å². The number of alkyl carbamates (subject to hydrolysis) is 2. The lowest BCUT2D eigenvalue weighted by Crippen LogP contribution is -2.45. The predicted octanol–water partition coefficient (Wildman–Crippen LogP) is 9.56. The lowest BCUT2D eigenvalue weighted by Gasteiger charge is -2.21. The van der Waals surface area contributed by atoms with E-state index in [2.05, 4.69) is 93.1 Å². The van der Waals surface area contributed by atoms with Crippen LogP contribution in [0.5, 0.6) is 0 Å². The number of nitrogens with one attached hydrogen (secondary N) is 6. The third-order valence-electron chi connectivity index (χ3n) is 12.5. The van der Waals surface area contributed by atoms with Gasteiger partial charge >= 0.3 is 30.2 Å². The van der Waals surface area contributed by atoms with Crippen LogP contribution in [0.2, 0.25) is 0 Å². The van der Waals surface area contributed by atoms with Gasteiger partial charge < -0.3 is 56.7 Å². The molecule has 0 fully saturated rings. The molecule has 0 spiro atoms. The highest BCUT2D eigenvalue weighted by Gasteiger charge is 2.30. The summed E-state index contributed by atoms with van der Waals surface area (Å²) >= 11 is 0. The van der Waals surface area contributed by atoms with Crippen molar-refractivity contribution in [1.29, 1.82) is 0 Å². The highest BCUT2D eigenvalue weighted by atomic mass is 16.6. The van der Waals surface area contributed by atoms with E-state index in [9.17, 15) is 48.6 Å². The van der Waals surface area contributed by atoms with E-state index in [1.807, 2.05) is 62.3 Å². The Morgan fingerprint density at radius 2 is 0.765 bits per heavy atom. The summed E-state index contributed by atoms with van der Waals surface area (Å²) in [6.07, 6.45) is -2.45. The zero-order chi connectivity index (χ0) is 73.3.